The fourth-order valence-corrected chi connectivity index (χ4v) is 4.04. The van der Waals surface area contributed by atoms with Crippen molar-refractivity contribution >= 4 is 16.5 Å². The molecule has 3 aromatic carbocycles. The van der Waals surface area contributed by atoms with Crippen LogP contribution in [0.4, 0.5) is 5.69 Å². The highest BCUT2D eigenvalue weighted by Crippen LogP contribution is 2.37. The molecular weight excluding hydrogens is 330 g/mol. The van der Waals surface area contributed by atoms with Gasteiger partial charge in [0.25, 0.3) is 0 Å². The maximum atomic E-state index is 11.4. The van der Waals surface area contributed by atoms with E-state index in [0.29, 0.717) is 0 Å². The summed E-state index contributed by atoms with van der Waals surface area (Å²) >= 11 is 0. The summed E-state index contributed by atoms with van der Waals surface area (Å²) < 4.78 is 0. The third kappa shape index (κ3) is 3.72. The van der Waals surface area contributed by atoms with E-state index < -0.39 is 6.10 Å². The summed E-state index contributed by atoms with van der Waals surface area (Å²) in [6.45, 7) is 7.57. The van der Waals surface area contributed by atoms with E-state index in [1.807, 2.05) is 24.3 Å². The van der Waals surface area contributed by atoms with Crippen molar-refractivity contribution in [3.63, 3.8) is 0 Å². The summed E-state index contributed by atoms with van der Waals surface area (Å²) in [7, 11) is 0. The topological polar surface area (TPSA) is 32.3 Å². The van der Waals surface area contributed by atoms with Gasteiger partial charge in [-0.3, -0.25) is 0 Å². The Bertz CT molecular complexity index is 962. The molecule has 2 nitrogen and oxygen atoms in total. The van der Waals surface area contributed by atoms with Gasteiger partial charge in [-0.05, 0) is 58.2 Å². The van der Waals surface area contributed by atoms with Crippen molar-refractivity contribution in [1.29, 1.82) is 0 Å². The minimum Gasteiger partial charge on any atom is -0.384 e. The molecule has 2 heteroatoms. The van der Waals surface area contributed by atoms with Gasteiger partial charge < -0.3 is 10.4 Å². The Hall–Kier alpha value is -2.32. The van der Waals surface area contributed by atoms with E-state index in [4.69, 9.17) is 0 Å². The van der Waals surface area contributed by atoms with E-state index in [9.17, 15) is 5.11 Å². The van der Waals surface area contributed by atoms with E-state index in [1.54, 1.807) is 0 Å². The number of anilines is 1. The van der Waals surface area contributed by atoms with Crippen LogP contribution >= 0.6 is 0 Å². The zero-order chi connectivity index (χ0) is 19.0. The first-order valence-corrected chi connectivity index (χ1v) is 9.98. The molecule has 0 amide bonds. The molecule has 1 atom stereocenters. The van der Waals surface area contributed by atoms with Crippen molar-refractivity contribution in [2.24, 2.45) is 5.41 Å². The Kier molecular flexibility index (Phi) is 4.69. The summed E-state index contributed by atoms with van der Waals surface area (Å²) in [5.74, 6) is 0. The van der Waals surface area contributed by atoms with Crippen molar-refractivity contribution in [1.82, 2.24) is 0 Å². The van der Waals surface area contributed by atoms with Crippen molar-refractivity contribution in [2.45, 2.75) is 46.1 Å². The Balaban J connectivity index is 1.79. The minimum absolute atomic E-state index is 0.181. The Labute approximate surface area is 162 Å². The maximum absolute atomic E-state index is 11.4. The van der Waals surface area contributed by atoms with E-state index in [2.05, 4.69) is 56.4 Å². The maximum Gasteiger partial charge on any atom is 0.107 e. The van der Waals surface area contributed by atoms with Gasteiger partial charge in [-0.25, -0.2) is 0 Å². The number of nitrogens with one attached hydrogen (secondary N) is 1. The molecule has 0 saturated heterocycles. The number of aryl methyl sites for hydroxylation is 2. The van der Waals surface area contributed by atoms with E-state index in [0.717, 1.165) is 41.6 Å². The van der Waals surface area contributed by atoms with Gasteiger partial charge in [0, 0.05) is 17.8 Å². The van der Waals surface area contributed by atoms with Crippen LogP contribution in [0.2, 0.25) is 0 Å². The minimum atomic E-state index is -0.635. The van der Waals surface area contributed by atoms with Crippen molar-refractivity contribution in [3.8, 4) is 0 Å². The van der Waals surface area contributed by atoms with Gasteiger partial charge in [0.2, 0.25) is 0 Å². The number of fused-ring (bicyclic) bond motifs is 2. The predicted octanol–water partition coefficient (Wildman–Crippen LogP) is 5.87. The van der Waals surface area contributed by atoms with Gasteiger partial charge in [-0.1, -0.05) is 69.3 Å². The molecule has 0 radical (unpaired) electrons. The summed E-state index contributed by atoms with van der Waals surface area (Å²) in [6, 6.07) is 19.0. The molecule has 27 heavy (non-hydrogen) atoms. The van der Waals surface area contributed by atoms with Crippen LogP contribution in [0.5, 0.6) is 0 Å². The molecule has 0 aromatic heterocycles. The van der Waals surface area contributed by atoms with Crippen LogP contribution in [0, 0.1) is 5.41 Å². The molecular formula is C25H29NO. The zero-order valence-electron chi connectivity index (χ0n) is 16.5. The molecule has 2 N–H and O–H groups in total. The third-order valence-electron chi connectivity index (χ3n) is 5.49. The highest BCUT2D eigenvalue weighted by atomic mass is 16.3. The van der Waals surface area contributed by atoms with Crippen molar-refractivity contribution in [2.75, 3.05) is 11.9 Å². The molecule has 0 bridgehead atoms. The Morgan fingerprint density at radius 3 is 2.41 bits per heavy atom. The van der Waals surface area contributed by atoms with Crippen LogP contribution in [0.15, 0.2) is 54.6 Å². The third-order valence-corrected chi connectivity index (χ3v) is 5.49. The first-order valence-electron chi connectivity index (χ1n) is 9.98. The first kappa shape index (κ1) is 18.1. The molecule has 1 aliphatic carbocycles. The van der Waals surface area contributed by atoms with Crippen molar-refractivity contribution in [3.05, 3.63) is 76.9 Å². The SMILES string of the molecule is CC(C)(C)CNc1cc2c(cc1C(O)c1cccc3ccccc13)CCC2. The van der Waals surface area contributed by atoms with Gasteiger partial charge >= 0.3 is 0 Å². The number of rotatable bonds is 4. The average Bonchev–Trinajstić information content (AvgIpc) is 3.11. The number of aliphatic hydroxyl groups excluding tert-OH is 1. The van der Waals surface area contributed by atoms with Crippen LogP contribution in [-0.2, 0) is 12.8 Å². The quantitative estimate of drug-likeness (QED) is 0.611. The normalized spacial score (nSPS) is 15.0. The van der Waals surface area contributed by atoms with Crippen LogP contribution in [0.1, 0.15) is 55.5 Å². The second kappa shape index (κ2) is 7.01. The monoisotopic (exact) mass is 359 g/mol. The molecule has 4 rings (SSSR count). The lowest BCUT2D eigenvalue weighted by molar-refractivity contribution is 0.222. The van der Waals surface area contributed by atoms with E-state index in [-0.39, 0.29) is 5.41 Å². The standard InChI is InChI=1S/C25H29NO/c1-25(2,3)16-26-23-15-19-11-6-10-18(19)14-22(23)24(27)21-13-7-9-17-8-4-5-12-20(17)21/h4-5,7-9,12-15,24,26-27H,6,10-11,16H2,1-3H3. The lowest BCUT2D eigenvalue weighted by Crippen LogP contribution is -2.20. The molecule has 0 fully saturated rings. The molecule has 0 heterocycles. The van der Waals surface area contributed by atoms with Crippen LogP contribution in [0.3, 0.4) is 0 Å². The summed E-state index contributed by atoms with van der Waals surface area (Å²) in [6.07, 6.45) is 2.83. The molecule has 0 spiro atoms. The van der Waals surface area contributed by atoms with Gasteiger partial charge in [-0.15, -0.1) is 0 Å². The van der Waals surface area contributed by atoms with Gasteiger partial charge in [0.05, 0.1) is 0 Å². The number of aliphatic hydroxyl groups is 1. The molecule has 140 valence electrons. The first-order chi connectivity index (χ1) is 12.9. The van der Waals surface area contributed by atoms with Crippen molar-refractivity contribution < 1.29 is 5.11 Å². The van der Waals surface area contributed by atoms with Crippen LogP contribution in [-0.4, -0.2) is 11.7 Å². The Morgan fingerprint density at radius 2 is 1.63 bits per heavy atom. The summed E-state index contributed by atoms with van der Waals surface area (Å²) in [5.41, 5.74) is 6.05. The largest absolute Gasteiger partial charge is 0.384 e. The highest BCUT2D eigenvalue weighted by Gasteiger charge is 2.22. The number of benzene rings is 3. The van der Waals surface area contributed by atoms with Crippen LogP contribution in [0.25, 0.3) is 10.8 Å². The Morgan fingerprint density at radius 1 is 0.926 bits per heavy atom. The summed E-state index contributed by atoms with van der Waals surface area (Å²) in [5, 5.41) is 17.3. The number of hydrogen-bond acceptors (Lipinski definition) is 2. The van der Waals surface area contributed by atoms with E-state index >= 15 is 0 Å². The summed E-state index contributed by atoms with van der Waals surface area (Å²) in [4.78, 5) is 0. The predicted molar refractivity (Wildman–Crippen MR) is 114 cm³/mol. The fourth-order valence-electron chi connectivity index (χ4n) is 4.04. The second-order valence-electron chi connectivity index (χ2n) is 8.95. The van der Waals surface area contributed by atoms with E-state index in [1.165, 1.54) is 22.9 Å². The average molecular weight is 360 g/mol. The molecule has 3 aromatic rings. The highest BCUT2D eigenvalue weighted by molar-refractivity contribution is 5.86. The lowest BCUT2D eigenvalue weighted by Gasteiger charge is -2.24. The molecule has 0 aliphatic heterocycles. The molecule has 1 unspecified atom stereocenters. The number of hydrogen-bond donors (Lipinski definition) is 2. The molecule has 0 saturated carbocycles. The van der Waals surface area contributed by atoms with Crippen LogP contribution < -0.4 is 5.32 Å². The zero-order valence-corrected chi connectivity index (χ0v) is 16.5. The lowest BCUT2D eigenvalue weighted by atomic mass is 9.92. The molecule has 1 aliphatic rings. The smallest absolute Gasteiger partial charge is 0.107 e. The second-order valence-corrected chi connectivity index (χ2v) is 8.95. The van der Waals surface area contributed by atoms with Gasteiger partial charge in [-0.2, -0.15) is 0 Å². The van der Waals surface area contributed by atoms with Gasteiger partial charge in [0.1, 0.15) is 6.10 Å². The van der Waals surface area contributed by atoms with Gasteiger partial charge in [0.15, 0.2) is 0 Å². The fraction of sp³-hybridized carbons (Fsp3) is 0.360.